The zero-order valence-corrected chi connectivity index (χ0v) is 16.5. The number of hydrogen-bond donors (Lipinski definition) is 2. The van der Waals surface area contributed by atoms with Gasteiger partial charge in [-0.15, -0.1) is 0 Å². The fourth-order valence-corrected chi connectivity index (χ4v) is 5.82. The predicted molar refractivity (Wildman–Crippen MR) is 105 cm³/mol. The summed E-state index contributed by atoms with van der Waals surface area (Å²) in [6.45, 7) is 2.21. The summed E-state index contributed by atoms with van der Waals surface area (Å²) in [7, 11) is 0. The third-order valence-electron chi connectivity index (χ3n) is 7.61. The van der Waals surface area contributed by atoms with Gasteiger partial charge in [-0.25, -0.2) is 0 Å². The molecule has 5 atom stereocenters. The van der Waals surface area contributed by atoms with E-state index >= 15 is 0 Å². The number of Topliss-reactive ketones (excluding diaryl/α,β-unsaturated/α-hetero) is 1. The van der Waals surface area contributed by atoms with Crippen molar-refractivity contribution in [2.45, 2.75) is 103 Å². The van der Waals surface area contributed by atoms with Gasteiger partial charge in [0.05, 0.1) is 12.2 Å². The van der Waals surface area contributed by atoms with Crippen LogP contribution in [0.2, 0.25) is 0 Å². The van der Waals surface area contributed by atoms with Crippen LogP contribution in [0.4, 0.5) is 0 Å². The van der Waals surface area contributed by atoms with Crippen LogP contribution in [0.5, 0.6) is 0 Å². The van der Waals surface area contributed by atoms with Gasteiger partial charge >= 0.3 is 0 Å². The Morgan fingerprint density at radius 2 is 1.92 bits per heavy atom. The van der Waals surface area contributed by atoms with Gasteiger partial charge in [-0.2, -0.15) is 0 Å². The van der Waals surface area contributed by atoms with E-state index in [1.807, 2.05) is 6.08 Å². The van der Waals surface area contributed by atoms with Crippen LogP contribution in [-0.4, -0.2) is 28.2 Å². The third-order valence-corrected chi connectivity index (χ3v) is 7.61. The molecule has 0 aliphatic heterocycles. The molecule has 3 fully saturated rings. The molecule has 26 heavy (non-hydrogen) atoms. The standard InChI is InChI=1S/C23H38O3/c1-2-3-4-8-14-23-15-13-21(25)18(19(23)16-22(23)26)11-12-20(24)17-9-6-5-7-10-17/h11-12,17-21,24-25H,2-10,13-16H2,1H3/b12-11+/t18-,19-,20+,21-,23+/m0/s1. The van der Waals surface area contributed by atoms with Crippen LogP contribution in [0.15, 0.2) is 12.2 Å². The lowest BCUT2D eigenvalue weighted by Gasteiger charge is -2.56. The van der Waals surface area contributed by atoms with Crippen LogP contribution in [-0.2, 0) is 4.79 Å². The molecule has 0 heterocycles. The summed E-state index contributed by atoms with van der Waals surface area (Å²) in [4.78, 5) is 12.5. The molecule has 3 heteroatoms. The van der Waals surface area contributed by atoms with Gasteiger partial charge in [0.1, 0.15) is 5.78 Å². The highest BCUT2D eigenvalue weighted by atomic mass is 16.3. The van der Waals surface area contributed by atoms with Crippen LogP contribution >= 0.6 is 0 Å². The predicted octanol–water partition coefficient (Wildman–Crippen LogP) is 4.80. The van der Waals surface area contributed by atoms with E-state index in [0.717, 1.165) is 38.5 Å². The van der Waals surface area contributed by atoms with E-state index in [1.54, 1.807) is 0 Å². The van der Waals surface area contributed by atoms with Crippen molar-refractivity contribution in [3.8, 4) is 0 Å². The van der Waals surface area contributed by atoms with Crippen molar-refractivity contribution in [1.82, 2.24) is 0 Å². The van der Waals surface area contributed by atoms with Crippen molar-refractivity contribution in [3.05, 3.63) is 12.2 Å². The summed E-state index contributed by atoms with van der Waals surface area (Å²) in [5.74, 6) is 1.14. The molecule has 0 amide bonds. The van der Waals surface area contributed by atoms with Gasteiger partial charge in [0.15, 0.2) is 0 Å². The van der Waals surface area contributed by atoms with Crippen LogP contribution in [0.1, 0.15) is 90.4 Å². The highest BCUT2D eigenvalue weighted by molar-refractivity contribution is 5.91. The highest BCUT2D eigenvalue weighted by Gasteiger charge is 2.59. The Morgan fingerprint density at radius 1 is 1.15 bits per heavy atom. The van der Waals surface area contributed by atoms with Crippen LogP contribution in [0.3, 0.4) is 0 Å². The molecule has 3 saturated carbocycles. The molecule has 0 unspecified atom stereocenters. The van der Waals surface area contributed by atoms with E-state index in [0.29, 0.717) is 18.1 Å². The Hall–Kier alpha value is -0.670. The minimum atomic E-state index is -0.390. The smallest absolute Gasteiger partial charge is 0.139 e. The molecular formula is C23H38O3. The first-order valence-electron chi connectivity index (χ1n) is 11.2. The second-order valence-electron chi connectivity index (χ2n) is 9.16. The van der Waals surface area contributed by atoms with Gasteiger partial charge in [-0.05, 0) is 43.9 Å². The monoisotopic (exact) mass is 362 g/mol. The van der Waals surface area contributed by atoms with E-state index in [4.69, 9.17) is 0 Å². The Balaban J connectivity index is 1.62. The molecule has 0 radical (unpaired) electrons. The van der Waals surface area contributed by atoms with Crippen molar-refractivity contribution in [3.63, 3.8) is 0 Å². The molecule has 3 aliphatic rings. The number of fused-ring (bicyclic) bond motifs is 1. The number of hydrogen-bond acceptors (Lipinski definition) is 3. The number of unbranched alkanes of at least 4 members (excludes halogenated alkanes) is 3. The molecule has 0 saturated heterocycles. The molecule has 0 spiro atoms. The largest absolute Gasteiger partial charge is 0.393 e. The molecule has 3 rings (SSSR count). The molecule has 3 aliphatic carbocycles. The van der Waals surface area contributed by atoms with Gasteiger partial charge in [-0.3, -0.25) is 4.79 Å². The van der Waals surface area contributed by atoms with Crippen molar-refractivity contribution in [1.29, 1.82) is 0 Å². The maximum absolute atomic E-state index is 12.5. The van der Waals surface area contributed by atoms with Crippen LogP contribution in [0.25, 0.3) is 0 Å². The summed E-state index contributed by atoms with van der Waals surface area (Å²) >= 11 is 0. The molecule has 148 valence electrons. The molecule has 3 nitrogen and oxygen atoms in total. The first-order chi connectivity index (χ1) is 12.6. The van der Waals surface area contributed by atoms with Gasteiger partial charge in [0.2, 0.25) is 0 Å². The lowest BCUT2D eigenvalue weighted by Crippen LogP contribution is -2.58. The van der Waals surface area contributed by atoms with Gasteiger partial charge in [-0.1, -0.05) is 64.0 Å². The average molecular weight is 363 g/mol. The summed E-state index contributed by atoms with van der Waals surface area (Å²) in [6.07, 6.45) is 17.2. The van der Waals surface area contributed by atoms with E-state index in [2.05, 4.69) is 13.0 Å². The maximum atomic E-state index is 12.5. The Labute approximate surface area is 159 Å². The van der Waals surface area contributed by atoms with Crippen LogP contribution in [0, 0.1) is 23.2 Å². The summed E-state index contributed by atoms with van der Waals surface area (Å²) in [5, 5.41) is 21.1. The van der Waals surface area contributed by atoms with Gasteiger partial charge in [0, 0.05) is 17.8 Å². The number of aliphatic hydroxyl groups is 2. The average Bonchev–Trinajstić information content (AvgIpc) is 2.66. The normalized spacial score (nSPS) is 36.7. The Morgan fingerprint density at radius 3 is 2.62 bits per heavy atom. The summed E-state index contributed by atoms with van der Waals surface area (Å²) in [5.41, 5.74) is -0.169. The number of carbonyl (C=O) groups is 1. The zero-order valence-electron chi connectivity index (χ0n) is 16.5. The second-order valence-corrected chi connectivity index (χ2v) is 9.16. The number of carbonyl (C=O) groups excluding carboxylic acids is 1. The number of aliphatic hydroxyl groups excluding tert-OH is 2. The first kappa shape index (κ1) is 20.1. The fourth-order valence-electron chi connectivity index (χ4n) is 5.82. The maximum Gasteiger partial charge on any atom is 0.139 e. The second kappa shape index (κ2) is 9.01. The fraction of sp³-hybridized carbons (Fsp3) is 0.870. The Bertz CT molecular complexity index is 494. The summed E-state index contributed by atoms with van der Waals surface area (Å²) in [6, 6.07) is 0. The minimum absolute atomic E-state index is 0.0471. The lowest BCUT2D eigenvalue weighted by molar-refractivity contribution is -0.161. The molecule has 0 aromatic heterocycles. The topological polar surface area (TPSA) is 57.5 Å². The molecule has 0 aromatic carbocycles. The number of rotatable bonds is 8. The third kappa shape index (κ3) is 4.09. The van der Waals surface area contributed by atoms with E-state index in [-0.39, 0.29) is 29.5 Å². The zero-order chi connectivity index (χ0) is 18.6. The van der Waals surface area contributed by atoms with Crippen molar-refractivity contribution in [2.24, 2.45) is 23.2 Å². The van der Waals surface area contributed by atoms with Crippen molar-refractivity contribution in [2.75, 3.05) is 0 Å². The van der Waals surface area contributed by atoms with Crippen molar-refractivity contribution >= 4 is 5.78 Å². The molecule has 2 N–H and O–H groups in total. The van der Waals surface area contributed by atoms with E-state index in [1.165, 1.54) is 38.5 Å². The summed E-state index contributed by atoms with van der Waals surface area (Å²) < 4.78 is 0. The highest BCUT2D eigenvalue weighted by Crippen LogP contribution is 2.58. The van der Waals surface area contributed by atoms with Gasteiger partial charge in [0.25, 0.3) is 0 Å². The van der Waals surface area contributed by atoms with Gasteiger partial charge < -0.3 is 10.2 Å². The SMILES string of the molecule is CCCCCC[C@@]12CC[C@H](O)[C@@H](/C=C/[C@@H](O)C3CCCCC3)[C@@H]1CC2=O. The first-order valence-corrected chi connectivity index (χ1v) is 11.2. The minimum Gasteiger partial charge on any atom is -0.393 e. The van der Waals surface area contributed by atoms with E-state index < -0.39 is 0 Å². The van der Waals surface area contributed by atoms with E-state index in [9.17, 15) is 15.0 Å². The number of ketones is 1. The molecule has 0 aromatic rings. The lowest BCUT2D eigenvalue weighted by atomic mass is 9.47. The van der Waals surface area contributed by atoms with Crippen molar-refractivity contribution < 1.29 is 15.0 Å². The molecule has 0 bridgehead atoms. The molecular weight excluding hydrogens is 324 g/mol. The quantitative estimate of drug-likeness (QED) is 0.482. The Kier molecular flexibility index (Phi) is 6.96. The van der Waals surface area contributed by atoms with Crippen LogP contribution < -0.4 is 0 Å².